The van der Waals surface area contributed by atoms with Crippen LogP contribution in [0.4, 0.5) is 4.79 Å². The van der Waals surface area contributed by atoms with Gasteiger partial charge < -0.3 is 15.7 Å². The van der Waals surface area contributed by atoms with E-state index >= 15 is 0 Å². The summed E-state index contributed by atoms with van der Waals surface area (Å²) in [5.41, 5.74) is 1.84. The number of ketones is 1. The molecule has 2 aromatic rings. The zero-order valence-corrected chi connectivity index (χ0v) is 13.6. The number of urea groups is 1. The normalized spacial score (nSPS) is 10.3. The summed E-state index contributed by atoms with van der Waals surface area (Å²) < 4.78 is 0. The van der Waals surface area contributed by atoms with Gasteiger partial charge in [-0.15, -0.1) is 0 Å². The van der Waals surface area contributed by atoms with E-state index < -0.39 is 12.0 Å². The third-order valence-corrected chi connectivity index (χ3v) is 3.61. The lowest BCUT2D eigenvalue weighted by Gasteiger charge is -2.20. The van der Waals surface area contributed by atoms with Gasteiger partial charge in [-0.05, 0) is 11.1 Å². The molecule has 0 heterocycles. The molecule has 0 saturated carbocycles. The van der Waals surface area contributed by atoms with E-state index in [9.17, 15) is 14.4 Å². The van der Waals surface area contributed by atoms with Crippen molar-refractivity contribution in [3.8, 4) is 0 Å². The number of rotatable bonds is 8. The Labute approximate surface area is 145 Å². The number of hydrogen-bond donors (Lipinski definition) is 3. The van der Waals surface area contributed by atoms with Crippen molar-refractivity contribution in [1.29, 1.82) is 0 Å². The molecule has 0 spiro atoms. The van der Waals surface area contributed by atoms with Crippen LogP contribution in [0.3, 0.4) is 0 Å². The van der Waals surface area contributed by atoms with E-state index in [2.05, 4.69) is 10.6 Å². The van der Waals surface area contributed by atoms with Crippen molar-refractivity contribution < 1.29 is 19.5 Å². The van der Waals surface area contributed by atoms with Gasteiger partial charge in [0.1, 0.15) is 0 Å². The van der Waals surface area contributed by atoms with Gasteiger partial charge in [-0.1, -0.05) is 60.7 Å². The maximum atomic E-state index is 12.2. The van der Waals surface area contributed by atoms with Gasteiger partial charge in [-0.2, -0.15) is 0 Å². The van der Waals surface area contributed by atoms with Crippen LogP contribution >= 0.6 is 0 Å². The Morgan fingerprint density at radius 1 is 0.840 bits per heavy atom. The highest BCUT2D eigenvalue weighted by molar-refractivity contribution is 5.87. The molecule has 130 valence electrons. The van der Waals surface area contributed by atoms with Gasteiger partial charge >= 0.3 is 12.0 Å². The Morgan fingerprint density at radius 2 is 1.36 bits per heavy atom. The molecule has 3 N–H and O–H groups in total. The van der Waals surface area contributed by atoms with Crippen molar-refractivity contribution in [1.82, 2.24) is 10.6 Å². The molecule has 0 aromatic heterocycles. The smallest absolute Gasteiger partial charge is 0.315 e. The Hall–Kier alpha value is -3.15. The average molecular weight is 340 g/mol. The minimum Gasteiger partial charge on any atom is -0.481 e. The summed E-state index contributed by atoms with van der Waals surface area (Å²) in [7, 11) is 0. The van der Waals surface area contributed by atoms with E-state index in [-0.39, 0.29) is 31.2 Å². The zero-order valence-electron chi connectivity index (χ0n) is 13.6. The van der Waals surface area contributed by atoms with Crippen LogP contribution in [0.15, 0.2) is 60.7 Å². The first-order chi connectivity index (χ1) is 12.1. The zero-order chi connectivity index (χ0) is 18.1. The summed E-state index contributed by atoms with van der Waals surface area (Å²) in [5.74, 6) is -1.36. The molecule has 0 aliphatic rings. The molecular weight excluding hydrogens is 320 g/mol. The molecule has 2 rings (SSSR count). The van der Waals surface area contributed by atoms with Crippen molar-refractivity contribution in [2.75, 3.05) is 6.54 Å². The van der Waals surface area contributed by atoms with E-state index in [4.69, 9.17) is 5.11 Å². The summed E-state index contributed by atoms with van der Waals surface area (Å²) in [6.45, 7) is -0.199. The Balaban J connectivity index is 1.99. The van der Waals surface area contributed by atoms with Crippen LogP contribution in [-0.2, 0) is 9.59 Å². The van der Waals surface area contributed by atoms with E-state index in [0.29, 0.717) is 0 Å². The largest absolute Gasteiger partial charge is 0.481 e. The van der Waals surface area contributed by atoms with Crippen LogP contribution in [-0.4, -0.2) is 29.4 Å². The molecule has 0 aliphatic carbocycles. The third-order valence-electron chi connectivity index (χ3n) is 3.61. The summed E-state index contributed by atoms with van der Waals surface area (Å²) >= 11 is 0. The first kappa shape index (κ1) is 18.2. The number of carbonyl (C=O) groups is 3. The third kappa shape index (κ3) is 6.10. The molecule has 2 aromatic carbocycles. The number of Topliss-reactive ketones (excluding diaryl/α,β-unsaturated/α-hetero) is 1. The second kappa shape index (κ2) is 9.22. The fraction of sp³-hybridized carbons (Fsp3) is 0.211. The Morgan fingerprint density at radius 3 is 1.84 bits per heavy atom. The van der Waals surface area contributed by atoms with Crippen LogP contribution in [0, 0.1) is 0 Å². The fourth-order valence-electron chi connectivity index (χ4n) is 2.35. The Bertz CT molecular complexity index is 677. The van der Waals surface area contributed by atoms with Gasteiger partial charge in [-0.25, -0.2) is 4.79 Å². The predicted octanol–water partition coefficient (Wildman–Crippen LogP) is 2.51. The van der Waals surface area contributed by atoms with Gasteiger partial charge in [0.15, 0.2) is 5.78 Å². The van der Waals surface area contributed by atoms with E-state index in [1.54, 1.807) is 0 Å². The highest BCUT2D eigenvalue weighted by atomic mass is 16.4. The van der Waals surface area contributed by atoms with E-state index in [1.165, 1.54) is 0 Å². The topological polar surface area (TPSA) is 95.5 Å². The van der Waals surface area contributed by atoms with Crippen molar-refractivity contribution >= 4 is 17.8 Å². The maximum Gasteiger partial charge on any atom is 0.315 e. The van der Waals surface area contributed by atoms with Crippen molar-refractivity contribution in [2.45, 2.75) is 18.9 Å². The van der Waals surface area contributed by atoms with Crippen LogP contribution in [0.1, 0.15) is 30.0 Å². The van der Waals surface area contributed by atoms with Crippen LogP contribution in [0.2, 0.25) is 0 Å². The molecule has 0 atom stereocenters. The molecule has 0 radical (unpaired) electrons. The number of amides is 2. The minimum absolute atomic E-state index is 0.101. The van der Waals surface area contributed by atoms with E-state index in [0.717, 1.165) is 11.1 Å². The maximum absolute atomic E-state index is 12.2. The van der Waals surface area contributed by atoms with Gasteiger partial charge in [0.05, 0.1) is 19.0 Å². The standard InChI is InChI=1S/C19H20N2O4/c22-16(11-12-17(23)24)13-20-19(25)21-18(14-7-3-1-4-8-14)15-9-5-2-6-10-15/h1-10,18H,11-13H2,(H,23,24)(H2,20,21,25). The first-order valence-electron chi connectivity index (χ1n) is 7.94. The predicted molar refractivity (Wildman–Crippen MR) is 93.1 cm³/mol. The SMILES string of the molecule is O=C(O)CCC(=O)CNC(=O)NC(c1ccccc1)c1ccccc1. The van der Waals surface area contributed by atoms with Crippen LogP contribution < -0.4 is 10.6 Å². The monoisotopic (exact) mass is 340 g/mol. The van der Waals surface area contributed by atoms with Gasteiger partial charge in [0, 0.05) is 6.42 Å². The number of carbonyl (C=O) groups excluding carboxylic acids is 2. The molecule has 25 heavy (non-hydrogen) atoms. The highest BCUT2D eigenvalue weighted by Gasteiger charge is 2.17. The van der Waals surface area contributed by atoms with Gasteiger partial charge in [0.2, 0.25) is 0 Å². The second-order valence-electron chi connectivity index (χ2n) is 5.51. The first-order valence-corrected chi connectivity index (χ1v) is 7.94. The van der Waals surface area contributed by atoms with Crippen molar-refractivity contribution in [3.05, 3.63) is 71.8 Å². The van der Waals surface area contributed by atoms with Crippen molar-refractivity contribution in [2.24, 2.45) is 0 Å². The lowest BCUT2D eigenvalue weighted by Crippen LogP contribution is -2.40. The second-order valence-corrected chi connectivity index (χ2v) is 5.51. The van der Waals surface area contributed by atoms with Crippen molar-refractivity contribution in [3.63, 3.8) is 0 Å². The molecule has 2 amide bonds. The van der Waals surface area contributed by atoms with E-state index in [1.807, 2.05) is 60.7 Å². The molecular formula is C19H20N2O4. The Kier molecular flexibility index (Phi) is 6.71. The quantitative estimate of drug-likeness (QED) is 0.688. The number of carboxylic acids is 1. The molecule has 6 heteroatoms. The molecule has 6 nitrogen and oxygen atoms in total. The lowest BCUT2D eigenvalue weighted by atomic mass is 9.99. The average Bonchev–Trinajstić information content (AvgIpc) is 2.64. The molecule has 0 bridgehead atoms. The molecule has 0 aliphatic heterocycles. The van der Waals surface area contributed by atoms with Gasteiger partial charge in [0.25, 0.3) is 0 Å². The number of nitrogens with one attached hydrogen (secondary N) is 2. The van der Waals surface area contributed by atoms with Crippen LogP contribution in [0.5, 0.6) is 0 Å². The molecule has 0 unspecified atom stereocenters. The van der Waals surface area contributed by atoms with Gasteiger partial charge in [-0.3, -0.25) is 9.59 Å². The fourth-order valence-corrected chi connectivity index (χ4v) is 2.35. The number of hydrogen-bond acceptors (Lipinski definition) is 3. The minimum atomic E-state index is -1.04. The highest BCUT2D eigenvalue weighted by Crippen LogP contribution is 2.21. The number of benzene rings is 2. The number of aliphatic carboxylic acids is 1. The lowest BCUT2D eigenvalue weighted by molar-refractivity contribution is -0.138. The summed E-state index contributed by atoms with van der Waals surface area (Å²) in [6, 6.07) is 18.2. The van der Waals surface area contributed by atoms with Crippen LogP contribution in [0.25, 0.3) is 0 Å². The number of carboxylic acid groups (broad SMARTS) is 1. The summed E-state index contributed by atoms with van der Waals surface area (Å²) in [6.07, 6.45) is -0.338. The summed E-state index contributed by atoms with van der Waals surface area (Å²) in [5, 5.41) is 13.9. The summed E-state index contributed by atoms with van der Waals surface area (Å²) in [4.78, 5) is 34.2. The molecule has 0 fully saturated rings. The molecule has 0 saturated heterocycles.